The van der Waals surface area contributed by atoms with Gasteiger partial charge < -0.3 is 20.3 Å². The molecule has 3 N–H and O–H groups in total. The van der Waals surface area contributed by atoms with Crippen LogP contribution < -0.4 is 20.3 Å². The lowest BCUT2D eigenvalue weighted by atomic mass is 10.1. The highest BCUT2D eigenvalue weighted by molar-refractivity contribution is 6.35. The Morgan fingerprint density at radius 1 is 1.08 bits per heavy atom. The van der Waals surface area contributed by atoms with Crippen molar-refractivity contribution in [2.24, 2.45) is 0 Å². The molecule has 0 spiro atoms. The topological polar surface area (TPSA) is 95.2 Å². The summed E-state index contributed by atoms with van der Waals surface area (Å²) >= 11 is 12.6. The monoisotopic (exact) mass is 538 g/mol. The van der Waals surface area contributed by atoms with Gasteiger partial charge in [0.05, 0.1) is 15.6 Å². The van der Waals surface area contributed by atoms with Gasteiger partial charge in [-0.2, -0.15) is 5.10 Å². The molecule has 2 unspecified atom stereocenters. The molecule has 10 heteroatoms. The lowest BCUT2D eigenvalue weighted by Crippen LogP contribution is -2.54. The predicted molar refractivity (Wildman–Crippen MR) is 148 cm³/mol. The van der Waals surface area contributed by atoms with Crippen molar-refractivity contribution in [3.63, 3.8) is 0 Å². The molecule has 5 rings (SSSR count). The molecule has 0 bridgehead atoms. The Bertz CT molecular complexity index is 1390. The first-order chi connectivity index (χ1) is 17.8. The summed E-state index contributed by atoms with van der Waals surface area (Å²) in [5.74, 6) is 0.247. The Balaban J connectivity index is 1.31. The first-order valence-corrected chi connectivity index (χ1v) is 12.9. The second-order valence-electron chi connectivity index (χ2n) is 9.43. The number of aromatic amines is 1. The Morgan fingerprint density at radius 3 is 2.43 bits per heavy atom. The molecule has 0 radical (unpaired) electrons. The Hall–Kier alpha value is -3.33. The van der Waals surface area contributed by atoms with E-state index < -0.39 is 6.10 Å². The Morgan fingerprint density at radius 2 is 1.76 bits per heavy atom. The van der Waals surface area contributed by atoms with Gasteiger partial charge in [-0.25, -0.2) is 0 Å². The van der Waals surface area contributed by atoms with Crippen LogP contribution in [0.25, 0.3) is 10.9 Å². The van der Waals surface area contributed by atoms with E-state index in [0.29, 0.717) is 44.5 Å². The summed E-state index contributed by atoms with van der Waals surface area (Å²) in [5, 5.41) is 15.2. The number of hydrogen-bond donors (Lipinski definition) is 3. The van der Waals surface area contributed by atoms with E-state index in [9.17, 15) is 4.79 Å². The summed E-state index contributed by atoms with van der Waals surface area (Å²) < 4.78 is 6.10. The number of carbonyl (C=O) groups is 1. The minimum Gasteiger partial charge on any atom is -0.486 e. The number of piperazine rings is 1. The van der Waals surface area contributed by atoms with Gasteiger partial charge in [-0.3, -0.25) is 14.9 Å². The van der Waals surface area contributed by atoms with Crippen molar-refractivity contribution in [3.8, 4) is 5.75 Å². The molecule has 0 aliphatic carbocycles. The first-order valence-electron chi connectivity index (χ1n) is 12.1. The van der Waals surface area contributed by atoms with Crippen LogP contribution in [0.4, 0.5) is 11.4 Å². The number of pyridine rings is 1. The zero-order valence-corrected chi connectivity index (χ0v) is 22.3. The van der Waals surface area contributed by atoms with E-state index in [4.69, 9.17) is 27.9 Å². The van der Waals surface area contributed by atoms with Crippen molar-refractivity contribution < 1.29 is 9.53 Å². The highest BCUT2D eigenvalue weighted by atomic mass is 35.5. The van der Waals surface area contributed by atoms with Gasteiger partial charge in [0, 0.05) is 59.9 Å². The fraction of sp³-hybridized carbons (Fsp3) is 0.296. The largest absolute Gasteiger partial charge is 0.486 e. The molecule has 2 aromatic heterocycles. The SMILES string of the molecule is CC1CN(c2ccc(NC(=O)c3n[nH]c4ccc(O[C@H](C)c5c(Cl)cncc5Cl)cc34)cc2)CC(C)N1. The fourth-order valence-electron chi connectivity index (χ4n) is 4.80. The van der Waals surface area contributed by atoms with Crippen LogP contribution in [0.2, 0.25) is 10.0 Å². The quantitative estimate of drug-likeness (QED) is 0.285. The molecule has 1 aliphatic heterocycles. The molecule has 2 aromatic carbocycles. The molecule has 1 aliphatic rings. The van der Waals surface area contributed by atoms with E-state index in [1.165, 1.54) is 12.4 Å². The van der Waals surface area contributed by atoms with Gasteiger partial charge in [0.2, 0.25) is 0 Å². The summed E-state index contributed by atoms with van der Waals surface area (Å²) in [5.41, 5.74) is 3.49. The van der Waals surface area contributed by atoms with Crippen LogP contribution in [0.1, 0.15) is 42.9 Å². The van der Waals surface area contributed by atoms with E-state index in [0.717, 1.165) is 24.3 Å². The first kappa shape index (κ1) is 25.3. The van der Waals surface area contributed by atoms with Crippen LogP contribution in [0, 0.1) is 0 Å². The molecule has 8 nitrogen and oxygen atoms in total. The molecular weight excluding hydrogens is 511 g/mol. The van der Waals surface area contributed by atoms with E-state index in [1.807, 2.05) is 37.3 Å². The van der Waals surface area contributed by atoms with Gasteiger partial charge in [0.25, 0.3) is 5.91 Å². The molecule has 1 saturated heterocycles. The van der Waals surface area contributed by atoms with Crippen molar-refractivity contribution in [2.75, 3.05) is 23.3 Å². The minimum absolute atomic E-state index is 0.280. The van der Waals surface area contributed by atoms with Gasteiger partial charge in [-0.1, -0.05) is 23.2 Å². The molecule has 3 heterocycles. The number of hydrogen-bond acceptors (Lipinski definition) is 6. The maximum atomic E-state index is 13.1. The van der Waals surface area contributed by atoms with Gasteiger partial charge >= 0.3 is 0 Å². The van der Waals surface area contributed by atoms with Crippen LogP contribution >= 0.6 is 23.2 Å². The predicted octanol–water partition coefficient (Wildman–Crippen LogP) is 5.84. The van der Waals surface area contributed by atoms with Crippen molar-refractivity contribution >= 4 is 51.4 Å². The molecule has 37 heavy (non-hydrogen) atoms. The second kappa shape index (κ2) is 10.6. The second-order valence-corrected chi connectivity index (χ2v) is 10.2. The number of amides is 1. The number of nitrogens with zero attached hydrogens (tertiary/aromatic N) is 3. The molecule has 192 valence electrons. The highest BCUT2D eigenvalue weighted by Gasteiger charge is 2.22. The molecule has 1 amide bonds. The summed E-state index contributed by atoms with van der Waals surface area (Å²) in [7, 11) is 0. The number of anilines is 2. The van der Waals surface area contributed by atoms with Crippen LogP contribution in [0.5, 0.6) is 5.75 Å². The van der Waals surface area contributed by atoms with E-state index in [-0.39, 0.29) is 11.6 Å². The number of H-pyrrole nitrogens is 1. The highest BCUT2D eigenvalue weighted by Crippen LogP contribution is 2.33. The average molecular weight is 539 g/mol. The molecule has 4 aromatic rings. The van der Waals surface area contributed by atoms with E-state index >= 15 is 0 Å². The van der Waals surface area contributed by atoms with E-state index in [2.05, 4.69) is 44.6 Å². The number of rotatable bonds is 6. The fourth-order valence-corrected chi connectivity index (χ4v) is 5.47. The Kier molecular flexibility index (Phi) is 7.24. The van der Waals surface area contributed by atoms with Crippen molar-refractivity contribution in [1.82, 2.24) is 20.5 Å². The number of benzene rings is 2. The summed E-state index contributed by atoms with van der Waals surface area (Å²) in [4.78, 5) is 19.5. The number of aromatic nitrogens is 3. The van der Waals surface area contributed by atoms with Crippen LogP contribution in [-0.2, 0) is 0 Å². The lowest BCUT2D eigenvalue weighted by molar-refractivity contribution is 0.102. The van der Waals surface area contributed by atoms with Crippen molar-refractivity contribution in [2.45, 2.75) is 39.0 Å². The van der Waals surface area contributed by atoms with Gasteiger partial charge in [0.1, 0.15) is 11.9 Å². The summed E-state index contributed by atoms with van der Waals surface area (Å²) in [6.45, 7) is 8.11. The average Bonchev–Trinajstić information content (AvgIpc) is 3.27. The summed E-state index contributed by atoms with van der Waals surface area (Å²) in [6.07, 6.45) is 2.63. The number of nitrogens with one attached hydrogen (secondary N) is 3. The van der Waals surface area contributed by atoms with E-state index in [1.54, 1.807) is 12.1 Å². The number of fused-ring (bicyclic) bond motifs is 1. The molecule has 3 atom stereocenters. The van der Waals surface area contributed by atoms with Crippen LogP contribution in [0.3, 0.4) is 0 Å². The zero-order valence-electron chi connectivity index (χ0n) is 20.8. The molecule has 0 saturated carbocycles. The smallest absolute Gasteiger partial charge is 0.276 e. The maximum absolute atomic E-state index is 13.1. The van der Waals surface area contributed by atoms with Crippen LogP contribution in [0.15, 0.2) is 54.9 Å². The molecule has 1 fully saturated rings. The van der Waals surface area contributed by atoms with Gasteiger partial charge in [0.15, 0.2) is 5.69 Å². The lowest BCUT2D eigenvalue weighted by Gasteiger charge is -2.37. The third-order valence-corrected chi connectivity index (χ3v) is 7.01. The standard InChI is InChI=1S/C27H28Cl2N6O2/c1-15-13-35(14-16(2)31-15)19-6-4-18(5-7-19)32-27(36)26-21-10-20(8-9-24(21)33-34-26)37-17(3)25-22(28)11-30-12-23(25)29/h4-12,15-17,31H,13-14H2,1-3H3,(H,32,36)(H,33,34)/t15?,16?,17-/m1/s1. The number of ether oxygens (including phenoxy) is 1. The third-order valence-electron chi connectivity index (χ3n) is 6.41. The Labute approximate surface area is 225 Å². The normalized spacial score (nSPS) is 18.6. The van der Waals surface area contributed by atoms with Crippen LogP contribution in [-0.4, -0.2) is 46.3 Å². The third kappa shape index (κ3) is 5.51. The number of carbonyl (C=O) groups excluding carboxylic acids is 1. The summed E-state index contributed by atoms with van der Waals surface area (Å²) in [6, 6.07) is 14.1. The van der Waals surface area contributed by atoms with Crippen molar-refractivity contribution in [1.29, 1.82) is 0 Å². The van der Waals surface area contributed by atoms with Crippen molar-refractivity contribution in [3.05, 3.63) is 76.2 Å². The minimum atomic E-state index is -0.426. The van der Waals surface area contributed by atoms with Gasteiger partial charge in [-0.05, 0) is 63.2 Å². The number of halogens is 2. The van der Waals surface area contributed by atoms with Gasteiger partial charge in [-0.15, -0.1) is 0 Å². The molecular formula is C27H28Cl2N6O2. The zero-order chi connectivity index (χ0) is 26.1. The maximum Gasteiger partial charge on any atom is 0.276 e.